The Morgan fingerprint density at radius 2 is 1.05 bits per heavy atom. The van der Waals surface area contributed by atoms with Crippen LogP contribution in [0.5, 0.6) is 0 Å². The van der Waals surface area contributed by atoms with Crippen LogP contribution in [0.15, 0.2) is 158 Å². The first kappa shape index (κ1) is 24.7. The van der Waals surface area contributed by atoms with Gasteiger partial charge in [0.2, 0.25) is 0 Å². The predicted octanol–water partition coefficient (Wildman–Crippen LogP) is 9.00. The van der Waals surface area contributed by atoms with Gasteiger partial charge in [0.1, 0.15) is 0 Å². The van der Waals surface area contributed by atoms with Crippen LogP contribution >= 0.6 is 7.14 Å². The van der Waals surface area contributed by atoms with Gasteiger partial charge in [0.25, 0.3) is 0 Å². The van der Waals surface area contributed by atoms with Gasteiger partial charge in [-0.1, -0.05) is 146 Å². The zero-order valence-corrected chi connectivity index (χ0v) is 23.7. The molecule has 42 heavy (non-hydrogen) atoms. The average Bonchev–Trinajstić information content (AvgIpc) is 3.07. The molecule has 0 bridgehead atoms. The third-order valence-electron chi connectivity index (χ3n) is 8.29. The number of para-hydroxylation sites is 1. The maximum absolute atomic E-state index is 15.6. The number of rotatable bonds is 4. The van der Waals surface area contributed by atoms with E-state index in [0.717, 1.165) is 54.2 Å². The fourth-order valence-electron chi connectivity index (χ4n) is 6.30. The van der Waals surface area contributed by atoms with Crippen molar-refractivity contribution in [3.63, 3.8) is 0 Å². The van der Waals surface area contributed by atoms with Crippen molar-refractivity contribution < 1.29 is 4.57 Å². The molecule has 8 rings (SSSR count). The highest BCUT2D eigenvalue weighted by molar-refractivity contribution is 7.85. The molecule has 0 atom stereocenters. The van der Waals surface area contributed by atoms with E-state index < -0.39 is 7.14 Å². The number of benzene rings is 7. The van der Waals surface area contributed by atoms with Crippen LogP contribution in [0.4, 0.5) is 0 Å². The standard InChI is InChI=1S/C39H26NOP/c41-42(31-15-3-1-4-16-31,32-17-5-2-6-18-32)36-21-11-20-34-37-33-19-10-9-13-28(33)24-25-35(37)38(40-39(34)36)30-23-22-27-12-7-8-14-29(27)26-30/h1-26H. The highest BCUT2D eigenvalue weighted by Gasteiger charge is 2.32. The smallest absolute Gasteiger partial charge is 0.173 e. The van der Waals surface area contributed by atoms with Crippen molar-refractivity contribution in [1.29, 1.82) is 0 Å². The third-order valence-corrected chi connectivity index (χ3v) is 11.4. The van der Waals surface area contributed by atoms with E-state index in [2.05, 4.69) is 84.9 Å². The van der Waals surface area contributed by atoms with Crippen LogP contribution in [-0.4, -0.2) is 4.98 Å². The lowest BCUT2D eigenvalue weighted by atomic mass is 9.94. The summed E-state index contributed by atoms with van der Waals surface area (Å²) < 4.78 is 15.6. The lowest BCUT2D eigenvalue weighted by Gasteiger charge is -2.22. The summed E-state index contributed by atoms with van der Waals surface area (Å²) in [7, 11) is -3.27. The monoisotopic (exact) mass is 555 g/mol. The number of fused-ring (bicyclic) bond motifs is 6. The molecule has 7 aromatic carbocycles. The zero-order valence-electron chi connectivity index (χ0n) is 22.8. The maximum Gasteiger partial charge on any atom is 0.173 e. The largest absolute Gasteiger partial charge is 0.309 e. The van der Waals surface area contributed by atoms with E-state index in [1.54, 1.807) is 0 Å². The number of aromatic nitrogens is 1. The molecule has 0 aliphatic rings. The van der Waals surface area contributed by atoms with E-state index >= 15 is 4.57 Å². The molecular formula is C39H26NOP. The van der Waals surface area contributed by atoms with Crippen LogP contribution in [0.25, 0.3) is 54.5 Å². The van der Waals surface area contributed by atoms with Crippen molar-refractivity contribution in [3.8, 4) is 11.3 Å². The first-order valence-corrected chi connectivity index (χ1v) is 15.9. The van der Waals surface area contributed by atoms with Crippen LogP contribution < -0.4 is 15.9 Å². The Hall–Kier alpha value is -5.04. The number of hydrogen-bond donors (Lipinski definition) is 0. The number of pyridine rings is 1. The predicted molar refractivity (Wildman–Crippen MR) is 179 cm³/mol. The molecular weight excluding hydrogens is 529 g/mol. The summed E-state index contributed by atoms with van der Waals surface area (Å²) in [5.41, 5.74) is 2.72. The molecule has 0 fully saturated rings. The maximum atomic E-state index is 15.6. The molecule has 3 heteroatoms. The summed E-state index contributed by atoms with van der Waals surface area (Å²) in [5, 5.41) is 10.3. The Morgan fingerprint density at radius 3 is 1.79 bits per heavy atom. The molecule has 2 nitrogen and oxygen atoms in total. The van der Waals surface area contributed by atoms with Crippen LogP contribution in [0.1, 0.15) is 0 Å². The fourth-order valence-corrected chi connectivity index (χ4v) is 9.10. The van der Waals surface area contributed by atoms with Crippen molar-refractivity contribution in [2.24, 2.45) is 0 Å². The second-order valence-corrected chi connectivity index (χ2v) is 13.4. The first-order chi connectivity index (χ1) is 20.7. The minimum absolute atomic E-state index is 0.759. The Labute approximate surface area is 244 Å². The van der Waals surface area contributed by atoms with Gasteiger partial charge in [-0.3, -0.25) is 0 Å². The Balaban J connectivity index is 1.55. The molecule has 1 aromatic heterocycles. The SMILES string of the molecule is O=P(c1ccccc1)(c1ccccc1)c1cccc2c1nc(-c1ccc3ccccc3c1)c1ccc3ccccc3c12. The van der Waals surface area contributed by atoms with Crippen LogP contribution in [-0.2, 0) is 4.57 Å². The molecule has 0 aliphatic heterocycles. The fraction of sp³-hybridized carbons (Fsp3) is 0. The molecule has 0 amide bonds. The summed E-state index contributed by atoms with van der Waals surface area (Å²) in [5.74, 6) is 0. The molecule has 8 aromatic rings. The van der Waals surface area contributed by atoms with Crippen molar-refractivity contribution >= 4 is 66.3 Å². The molecule has 0 radical (unpaired) electrons. The van der Waals surface area contributed by atoms with E-state index in [1.165, 1.54) is 16.2 Å². The highest BCUT2D eigenvalue weighted by atomic mass is 31.2. The van der Waals surface area contributed by atoms with E-state index in [-0.39, 0.29) is 0 Å². The van der Waals surface area contributed by atoms with E-state index in [4.69, 9.17) is 4.98 Å². The minimum atomic E-state index is -3.27. The molecule has 0 saturated carbocycles. The number of nitrogens with zero attached hydrogens (tertiary/aromatic N) is 1. The van der Waals surface area contributed by atoms with Crippen molar-refractivity contribution in [3.05, 3.63) is 158 Å². The molecule has 1 heterocycles. The Kier molecular flexibility index (Phi) is 5.77. The summed E-state index contributed by atoms with van der Waals surface area (Å²) in [6.45, 7) is 0. The lowest BCUT2D eigenvalue weighted by Crippen LogP contribution is -2.26. The molecule has 198 valence electrons. The second kappa shape index (κ2) is 9.80. The second-order valence-electron chi connectivity index (χ2n) is 10.7. The van der Waals surface area contributed by atoms with Gasteiger partial charge in [-0.2, -0.15) is 0 Å². The van der Waals surface area contributed by atoms with Crippen molar-refractivity contribution in [2.75, 3.05) is 0 Å². The van der Waals surface area contributed by atoms with Gasteiger partial charge in [-0.05, 0) is 33.7 Å². The topological polar surface area (TPSA) is 30.0 Å². The summed E-state index contributed by atoms with van der Waals surface area (Å²) in [4.78, 5) is 5.43. The molecule has 0 aliphatic carbocycles. The van der Waals surface area contributed by atoms with Gasteiger partial charge < -0.3 is 4.57 Å². The van der Waals surface area contributed by atoms with E-state index in [0.29, 0.717) is 0 Å². The molecule has 0 N–H and O–H groups in total. The number of hydrogen-bond acceptors (Lipinski definition) is 2. The van der Waals surface area contributed by atoms with Gasteiger partial charge >= 0.3 is 0 Å². The van der Waals surface area contributed by atoms with Gasteiger partial charge in [0, 0.05) is 37.6 Å². The van der Waals surface area contributed by atoms with Crippen LogP contribution in [0.2, 0.25) is 0 Å². The van der Waals surface area contributed by atoms with Crippen molar-refractivity contribution in [1.82, 2.24) is 4.98 Å². The minimum Gasteiger partial charge on any atom is -0.309 e. The van der Waals surface area contributed by atoms with Gasteiger partial charge in [0.05, 0.1) is 11.2 Å². The van der Waals surface area contributed by atoms with Gasteiger partial charge in [-0.15, -0.1) is 0 Å². The van der Waals surface area contributed by atoms with Crippen LogP contribution in [0, 0.1) is 0 Å². The van der Waals surface area contributed by atoms with Gasteiger partial charge in [-0.25, -0.2) is 4.98 Å². The summed E-state index contributed by atoms with van der Waals surface area (Å²) in [6, 6.07) is 53.7. The zero-order chi connectivity index (χ0) is 28.1. The Bertz CT molecular complexity index is 2280. The summed E-state index contributed by atoms with van der Waals surface area (Å²) in [6.07, 6.45) is 0. The quantitative estimate of drug-likeness (QED) is 0.160. The molecule has 0 spiro atoms. The normalized spacial score (nSPS) is 11.9. The Morgan fingerprint density at radius 1 is 0.452 bits per heavy atom. The highest BCUT2D eigenvalue weighted by Crippen LogP contribution is 2.46. The lowest BCUT2D eigenvalue weighted by molar-refractivity contribution is 0.592. The average molecular weight is 556 g/mol. The molecule has 0 unspecified atom stereocenters. The van der Waals surface area contributed by atoms with Crippen molar-refractivity contribution in [2.45, 2.75) is 0 Å². The third kappa shape index (κ3) is 3.80. The van der Waals surface area contributed by atoms with Crippen LogP contribution in [0.3, 0.4) is 0 Å². The summed E-state index contributed by atoms with van der Waals surface area (Å²) >= 11 is 0. The van der Waals surface area contributed by atoms with Gasteiger partial charge in [0.15, 0.2) is 7.14 Å². The van der Waals surface area contributed by atoms with E-state index in [1.807, 2.05) is 72.8 Å². The van der Waals surface area contributed by atoms with E-state index in [9.17, 15) is 0 Å². The first-order valence-electron chi connectivity index (χ1n) is 14.2. The molecule has 0 saturated heterocycles.